The summed E-state index contributed by atoms with van der Waals surface area (Å²) in [6, 6.07) is 3.13. The van der Waals surface area contributed by atoms with Gasteiger partial charge in [-0.2, -0.15) is 4.98 Å². The summed E-state index contributed by atoms with van der Waals surface area (Å²) in [5.41, 5.74) is 2.51. The summed E-state index contributed by atoms with van der Waals surface area (Å²) in [4.78, 5) is 13.5. The van der Waals surface area contributed by atoms with Gasteiger partial charge in [0.2, 0.25) is 5.95 Å². The molecule has 1 aromatic heterocycles. The minimum atomic E-state index is 0.480. The Kier molecular flexibility index (Phi) is 3.05. The molecule has 3 rings (SSSR count). The number of piperazine rings is 1. The number of nitrogens with two attached hydrogens (primary N) is 1. The predicted octanol–water partition coefficient (Wildman–Crippen LogP) is 0.435. The molecule has 0 aliphatic carbocycles. The lowest BCUT2D eigenvalue weighted by Gasteiger charge is -2.42. The number of nitrogens with zero attached hydrogens (tertiary/aromatic N) is 4. The van der Waals surface area contributed by atoms with Crippen LogP contribution in [0.25, 0.3) is 0 Å². The summed E-state index contributed by atoms with van der Waals surface area (Å²) in [5, 5.41) is 0. The van der Waals surface area contributed by atoms with Crippen LogP contribution in [0.1, 0.15) is 19.8 Å². The number of anilines is 2. The van der Waals surface area contributed by atoms with Crippen molar-refractivity contribution in [3.63, 3.8) is 0 Å². The van der Waals surface area contributed by atoms with E-state index in [-0.39, 0.29) is 0 Å². The molecule has 6 heteroatoms. The number of nitrogen functional groups attached to an aromatic ring is 1. The van der Waals surface area contributed by atoms with Gasteiger partial charge in [-0.3, -0.25) is 10.3 Å². The summed E-state index contributed by atoms with van der Waals surface area (Å²) in [5.74, 6) is 6.82. The van der Waals surface area contributed by atoms with E-state index in [9.17, 15) is 0 Å². The first-order valence-corrected chi connectivity index (χ1v) is 6.58. The molecule has 98 valence electrons. The van der Waals surface area contributed by atoms with Crippen LogP contribution in [-0.4, -0.2) is 46.6 Å². The summed E-state index contributed by atoms with van der Waals surface area (Å²) >= 11 is 0. The van der Waals surface area contributed by atoms with E-state index in [0.717, 1.165) is 18.9 Å². The number of hydrogen-bond donors (Lipinski definition) is 2. The van der Waals surface area contributed by atoms with Gasteiger partial charge in [0.05, 0.1) is 0 Å². The normalized spacial score (nSPS) is 28.2. The fourth-order valence-corrected chi connectivity index (χ4v) is 3.09. The van der Waals surface area contributed by atoms with E-state index in [0.29, 0.717) is 18.0 Å². The quantitative estimate of drug-likeness (QED) is 0.584. The number of hydrogen-bond acceptors (Lipinski definition) is 6. The van der Waals surface area contributed by atoms with Crippen LogP contribution in [-0.2, 0) is 0 Å². The maximum atomic E-state index is 5.37. The van der Waals surface area contributed by atoms with Gasteiger partial charge in [-0.05, 0) is 32.4 Å². The first kappa shape index (κ1) is 11.7. The Labute approximate surface area is 107 Å². The maximum Gasteiger partial charge on any atom is 0.239 e. The fraction of sp³-hybridized carbons (Fsp3) is 0.667. The summed E-state index contributed by atoms with van der Waals surface area (Å²) < 4.78 is 0. The van der Waals surface area contributed by atoms with Crippen molar-refractivity contribution in [3.8, 4) is 0 Å². The first-order valence-electron chi connectivity index (χ1n) is 6.58. The lowest BCUT2D eigenvalue weighted by molar-refractivity contribution is 0.202. The van der Waals surface area contributed by atoms with Crippen LogP contribution in [0.15, 0.2) is 12.3 Å². The van der Waals surface area contributed by atoms with E-state index in [1.54, 1.807) is 6.20 Å². The van der Waals surface area contributed by atoms with E-state index < -0.39 is 0 Å². The predicted molar refractivity (Wildman–Crippen MR) is 71.2 cm³/mol. The smallest absolute Gasteiger partial charge is 0.239 e. The van der Waals surface area contributed by atoms with Gasteiger partial charge in [-0.15, -0.1) is 0 Å². The van der Waals surface area contributed by atoms with Crippen molar-refractivity contribution in [2.75, 3.05) is 30.0 Å². The Morgan fingerprint density at radius 3 is 3.17 bits per heavy atom. The second-order valence-corrected chi connectivity index (χ2v) is 5.18. The molecular formula is C12H20N6. The maximum absolute atomic E-state index is 5.37. The van der Waals surface area contributed by atoms with Crippen LogP contribution in [0.2, 0.25) is 0 Å². The third-order valence-corrected chi connectivity index (χ3v) is 4.00. The van der Waals surface area contributed by atoms with Gasteiger partial charge in [-0.1, -0.05) is 0 Å². The number of aromatic nitrogens is 2. The van der Waals surface area contributed by atoms with Crippen LogP contribution >= 0.6 is 0 Å². The molecule has 3 heterocycles. The molecule has 2 aliphatic heterocycles. The van der Waals surface area contributed by atoms with E-state index in [4.69, 9.17) is 5.84 Å². The average molecular weight is 248 g/mol. The van der Waals surface area contributed by atoms with E-state index in [1.165, 1.54) is 19.4 Å². The highest BCUT2D eigenvalue weighted by atomic mass is 15.4. The molecule has 2 atom stereocenters. The third kappa shape index (κ3) is 2.02. The minimum absolute atomic E-state index is 0.480. The van der Waals surface area contributed by atoms with Gasteiger partial charge in [0, 0.05) is 31.4 Å². The molecule has 0 amide bonds. The summed E-state index contributed by atoms with van der Waals surface area (Å²) in [6.07, 6.45) is 4.38. The lowest BCUT2D eigenvalue weighted by Crippen LogP contribution is -2.55. The lowest BCUT2D eigenvalue weighted by atomic mass is 10.1. The first-order chi connectivity index (χ1) is 8.78. The standard InChI is InChI=1S/C12H20N6/c1-9-7-17-6-2-3-10(17)8-18(9)11-4-5-14-12(15-11)16-13/h4-5,9-10H,2-3,6-8,13H2,1H3,(H,14,15,16). The van der Waals surface area contributed by atoms with Gasteiger partial charge in [0.1, 0.15) is 5.82 Å². The van der Waals surface area contributed by atoms with E-state index in [2.05, 4.69) is 32.1 Å². The minimum Gasteiger partial charge on any atom is -0.351 e. The average Bonchev–Trinajstić information content (AvgIpc) is 2.85. The Hall–Kier alpha value is -1.40. The van der Waals surface area contributed by atoms with Crippen LogP contribution in [0.5, 0.6) is 0 Å². The van der Waals surface area contributed by atoms with Crippen LogP contribution in [0.3, 0.4) is 0 Å². The second-order valence-electron chi connectivity index (χ2n) is 5.18. The van der Waals surface area contributed by atoms with Crippen molar-refractivity contribution in [2.45, 2.75) is 31.8 Å². The molecule has 6 nitrogen and oxygen atoms in total. The highest BCUT2D eigenvalue weighted by Crippen LogP contribution is 2.27. The summed E-state index contributed by atoms with van der Waals surface area (Å²) in [6.45, 7) is 5.69. The molecule has 0 spiro atoms. The molecule has 1 aromatic rings. The largest absolute Gasteiger partial charge is 0.351 e. The number of fused-ring (bicyclic) bond motifs is 1. The topological polar surface area (TPSA) is 70.3 Å². The number of nitrogens with one attached hydrogen (secondary N) is 1. The number of hydrazine groups is 1. The number of rotatable bonds is 2. The molecule has 0 bridgehead atoms. The molecule has 3 N–H and O–H groups in total. The van der Waals surface area contributed by atoms with Crippen molar-refractivity contribution in [3.05, 3.63) is 12.3 Å². The molecule has 2 fully saturated rings. The Morgan fingerprint density at radius 1 is 1.44 bits per heavy atom. The van der Waals surface area contributed by atoms with Gasteiger partial charge >= 0.3 is 0 Å². The SMILES string of the molecule is CC1CN2CCCC2CN1c1ccnc(NN)n1. The third-order valence-electron chi connectivity index (χ3n) is 4.00. The monoisotopic (exact) mass is 248 g/mol. The molecule has 0 radical (unpaired) electrons. The summed E-state index contributed by atoms with van der Waals surface area (Å²) in [7, 11) is 0. The highest BCUT2D eigenvalue weighted by Gasteiger charge is 2.34. The van der Waals surface area contributed by atoms with Crippen molar-refractivity contribution >= 4 is 11.8 Å². The molecule has 2 aliphatic rings. The molecular weight excluding hydrogens is 228 g/mol. The highest BCUT2D eigenvalue weighted by molar-refractivity contribution is 5.44. The fourth-order valence-electron chi connectivity index (χ4n) is 3.09. The molecule has 2 saturated heterocycles. The van der Waals surface area contributed by atoms with E-state index >= 15 is 0 Å². The molecule has 18 heavy (non-hydrogen) atoms. The molecule has 2 unspecified atom stereocenters. The van der Waals surface area contributed by atoms with Crippen molar-refractivity contribution in [1.29, 1.82) is 0 Å². The zero-order chi connectivity index (χ0) is 12.5. The second kappa shape index (κ2) is 4.70. The van der Waals surface area contributed by atoms with Gasteiger partial charge in [0.15, 0.2) is 0 Å². The Balaban J connectivity index is 1.81. The zero-order valence-corrected chi connectivity index (χ0v) is 10.7. The van der Waals surface area contributed by atoms with Crippen molar-refractivity contribution < 1.29 is 0 Å². The van der Waals surface area contributed by atoms with Gasteiger partial charge in [0.25, 0.3) is 0 Å². The van der Waals surface area contributed by atoms with Crippen LogP contribution < -0.4 is 16.2 Å². The van der Waals surface area contributed by atoms with Crippen molar-refractivity contribution in [1.82, 2.24) is 14.9 Å². The van der Waals surface area contributed by atoms with Crippen molar-refractivity contribution in [2.24, 2.45) is 5.84 Å². The Morgan fingerprint density at radius 2 is 2.33 bits per heavy atom. The zero-order valence-electron chi connectivity index (χ0n) is 10.7. The molecule has 0 aromatic carbocycles. The van der Waals surface area contributed by atoms with E-state index in [1.807, 2.05) is 6.07 Å². The van der Waals surface area contributed by atoms with Gasteiger partial charge in [-0.25, -0.2) is 10.8 Å². The Bertz CT molecular complexity index is 423. The molecule has 0 saturated carbocycles. The van der Waals surface area contributed by atoms with Crippen LogP contribution in [0, 0.1) is 0 Å². The van der Waals surface area contributed by atoms with Crippen LogP contribution in [0.4, 0.5) is 11.8 Å². The van der Waals surface area contributed by atoms with Gasteiger partial charge < -0.3 is 4.90 Å².